The van der Waals surface area contributed by atoms with Crippen LogP contribution in [0.25, 0.3) is 10.9 Å². The Morgan fingerprint density at radius 3 is 2.08 bits per heavy atom. The van der Waals surface area contributed by atoms with Gasteiger partial charge in [0, 0.05) is 29.5 Å². The Hall–Kier alpha value is -4.57. The summed E-state index contributed by atoms with van der Waals surface area (Å²) in [6.07, 6.45) is 5.23. The number of nitrogens with zero attached hydrogens (tertiary/aromatic N) is 4. The van der Waals surface area contributed by atoms with Crippen molar-refractivity contribution in [3.63, 3.8) is 0 Å². The lowest BCUT2D eigenvalue weighted by Crippen LogP contribution is -2.07. The van der Waals surface area contributed by atoms with E-state index in [1.807, 2.05) is 48.5 Å². The average molecular weight is 528 g/mol. The van der Waals surface area contributed by atoms with Gasteiger partial charge in [0.05, 0.1) is 24.6 Å². The first-order chi connectivity index (χ1) is 18.4. The number of aromatic nitrogens is 4. The first-order valence-corrected chi connectivity index (χ1v) is 13.4. The second-order valence-electron chi connectivity index (χ2n) is 8.51. The number of nitrogens with one attached hydrogen (secondary N) is 1. The molecule has 0 saturated heterocycles. The van der Waals surface area contributed by atoms with Crippen LogP contribution in [0.15, 0.2) is 90.3 Å². The third-order valence-corrected chi connectivity index (χ3v) is 7.62. The predicted molar refractivity (Wildman–Crippen MR) is 145 cm³/mol. The maximum Gasteiger partial charge on any atom is 0.185 e. The Bertz CT molecular complexity index is 1660. The van der Waals surface area contributed by atoms with Gasteiger partial charge in [-0.15, -0.1) is 0 Å². The van der Waals surface area contributed by atoms with E-state index < -0.39 is 9.84 Å². The normalized spacial score (nSPS) is 11.3. The van der Waals surface area contributed by atoms with Gasteiger partial charge in [-0.05, 0) is 53.9 Å². The lowest BCUT2D eigenvalue weighted by Gasteiger charge is -2.12. The second kappa shape index (κ2) is 10.8. The number of hydrogen-bond acceptors (Lipinski definition) is 9. The van der Waals surface area contributed by atoms with E-state index in [-0.39, 0.29) is 16.5 Å². The molecule has 0 aliphatic rings. The molecule has 0 saturated carbocycles. The molecule has 0 fully saturated rings. The Morgan fingerprint density at radius 2 is 1.42 bits per heavy atom. The molecule has 0 bridgehead atoms. The highest BCUT2D eigenvalue weighted by atomic mass is 32.2. The smallest absolute Gasteiger partial charge is 0.185 e. The Morgan fingerprint density at radius 1 is 0.789 bits per heavy atom. The third kappa shape index (κ3) is 5.55. The molecule has 2 aromatic heterocycles. The number of sulfone groups is 1. The Balaban J connectivity index is 1.28. The van der Waals surface area contributed by atoms with Gasteiger partial charge >= 0.3 is 0 Å². The highest BCUT2D eigenvalue weighted by Crippen LogP contribution is 2.34. The maximum absolute atomic E-state index is 12.7. The van der Waals surface area contributed by atoms with Crippen LogP contribution in [0, 0.1) is 0 Å². The van der Waals surface area contributed by atoms with Crippen LogP contribution in [0.5, 0.6) is 11.5 Å². The number of rotatable bonds is 9. The predicted octanol–water partition coefficient (Wildman–Crippen LogP) is 4.75. The molecule has 0 unspecified atom stereocenters. The molecule has 0 aliphatic heterocycles. The summed E-state index contributed by atoms with van der Waals surface area (Å²) in [5.74, 6) is 1.90. The second-order valence-corrected chi connectivity index (χ2v) is 10.5. The van der Waals surface area contributed by atoms with Gasteiger partial charge < -0.3 is 14.8 Å². The van der Waals surface area contributed by atoms with E-state index in [1.54, 1.807) is 32.4 Å². The van der Waals surface area contributed by atoms with Gasteiger partial charge in [-0.2, -0.15) is 0 Å². The molecule has 192 valence electrons. The van der Waals surface area contributed by atoms with E-state index in [2.05, 4.69) is 25.3 Å². The van der Waals surface area contributed by atoms with Crippen molar-refractivity contribution in [3.05, 3.63) is 102 Å². The quantitative estimate of drug-likeness (QED) is 0.290. The van der Waals surface area contributed by atoms with Gasteiger partial charge in [0.15, 0.2) is 21.3 Å². The molecule has 0 amide bonds. The molecule has 0 aliphatic carbocycles. The van der Waals surface area contributed by atoms with Crippen molar-refractivity contribution in [1.82, 2.24) is 19.9 Å². The van der Waals surface area contributed by atoms with Crippen LogP contribution in [0.2, 0.25) is 0 Å². The number of anilines is 2. The topological polar surface area (TPSA) is 116 Å². The fraction of sp³-hybridized carbons (Fsp3) is 0.143. The zero-order valence-corrected chi connectivity index (χ0v) is 21.6. The van der Waals surface area contributed by atoms with Crippen LogP contribution in [-0.4, -0.2) is 42.6 Å². The summed E-state index contributed by atoms with van der Waals surface area (Å²) in [4.78, 5) is 17.0. The van der Waals surface area contributed by atoms with Gasteiger partial charge in [-0.25, -0.2) is 28.4 Å². The molecule has 5 aromatic rings. The first kappa shape index (κ1) is 25.1. The summed E-state index contributed by atoms with van der Waals surface area (Å²) in [7, 11) is -0.346. The van der Waals surface area contributed by atoms with E-state index in [1.165, 1.54) is 18.7 Å². The van der Waals surface area contributed by atoms with Crippen molar-refractivity contribution in [1.29, 1.82) is 0 Å². The fourth-order valence-corrected chi connectivity index (χ4v) is 5.24. The van der Waals surface area contributed by atoms with Crippen molar-refractivity contribution in [2.45, 2.75) is 17.1 Å². The maximum atomic E-state index is 12.7. The van der Waals surface area contributed by atoms with E-state index in [9.17, 15) is 8.42 Å². The number of benzene rings is 3. The van der Waals surface area contributed by atoms with E-state index in [0.717, 1.165) is 27.7 Å². The number of ether oxygens (including phenoxy) is 2. The number of fused-ring (bicyclic) bond motifs is 1. The van der Waals surface area contributed by atoms with Crippen molar-refractivity contribution in [2.24, 2.45) is 0 Å². The molecule has 9 nitrogen and oxygen atoms in total. The highest BCUT2D eigenvalue weighted by molar-refractivity contribution is 7.90. The highest BCUT2D eigenvalue weighted by Gasteiger charge is 2.17. The molecular weight excluding hydrogens is 502 g/mol. The minimum atomic E-state index is -3.52. The summed E-state index contributed by atoms with van der Waals surface area (Å²) in [6, 6.07) is 20.2. The van der Waals surface area contributed by atoms with Gasteiger partial charge in [-0.3, -0.25) is 0 Å². The van der Waals surface area contributed by atoms with Gasteiger partial charge in [0.1, 0.15) is 23.7 Å². The molecule has 0 radical (unpaired) electrons. The SMILES string of the molecule is COc1cc2ncnc(Nc3ccc(Cc4ccc(S(=O)(=O)Cc5ncccn5)cc4)cc3)c2cc1OC. The van der Waals surface area contributed by atoms with Crippen molar-refractivity contribution in [2.75, 3.05) is 19.5 Å². The number of hydrogen-bond donors (Lipinski definition) is 1. The van der Waals surface area contributed by atoms with Crippen molar-refractivity contribution < 1.29 is 17.9 Å². The summed E-state index contributed by atoms with van der Waals surface area (Å²) in [5, 5.41) is 4.15. The molecule has 0 spiro atoms. The fourth-order valence-electron chi connectivity index (χ4n) is 4.03. The molecule has 38 heavy (non-hydrogen) atoms. The van der Waals surface area contributed by atoms with E-state index >= 15 is 0 Å². The van der Waals surface area contributed by atoms with Crippen molar-refractivity contribution >= 4 is 32.2 Å². The monoisotopic (exact) mass is 527 g/mol. The van der Waals surface area contributed by atoms with Crippen LogP contribution in [0.1, 0.15) is 17.0 Å². The minimum absolute atomic E-state index is 0.233. The summed E-state index contributed by atoms with van der Waals surface area (Å²) >= 11 is 0. The van der Waals surface area contributed by atoms with Gasteiger partial charge in [-0.1, -0.05) is 24.3 Å². The Kier molecular flexibility index (Phi) is 7.14. The summed E-state index contributed by atoms with van der Waals surface area (Å²) in [6.45, 7) is 0. The van der Waals surface area contributed by atoms with Gasteiger partial charge in [0.25, 0.3) is 0 Å². The molecule has 3 aromatic carbocycles. The molecule has 1 N–H and O–H groups in total. The van der Waals surface area contributed by atoms with E-state index in [4.69, 9.17) is 9.47 Å². The van der Waals surface area contributed by atoms with Gasteiger partial charge in [0.2, 0.25) is 0 Å². The molecule has 5 rings (SSSR count). The third-order valence-electron chi connectivity index (χ3n) is 5.99. The number of methoxy groups -OCH3 is 2. The largest absolute Gasteiger partial charge is 0.493 e. The molecule has 0 atom stereocenters. The minimum Gasteiger partial charge on any atom is -0.493 e. The van der Waals surface area contributed by atoms with Crippen LogP contribution >= 0.6 is 0 Å². The first-order valence-electron chi connectivity index (χ1n) is 11.8. The summed E-state index contributed by atoms with van der Waals surface area (Å²) in [5.41, 5.74) is 3.69. The molecular formula is C28H25N5O4S. The zero-order valence-electron chi connectivity index (χ0n) is 20.8. The Labute approximate surface area is 220 Å². The molecule has 10 heteroatoms. The molecule has 2 heterocycles. The lowest BCUT2D eigenvalue weighted by molar-refractivity contribution is 0.356. The standard InChI is InChI=1S/C28H25N5O4S/c1-36-25-15-23-24(16-26(25)37-2)31-18-32-28(23)33-21-8-4-19(5-9-21)14-20-6-10-22(11-7-20)38(34,35)17-27-29-12-3-13-30-27/h3-13,15-16,18H,14,17H2,1-2H3,(H,31,32,33). The average Bonchev–Trinajstić information content (AvgIpc) is 2.94. The van der Waals surface area contributed by atoms with Crippen LogP contribution in [-0.2, 0) is 22.0 Å². The van der Waals surface area contributed by atoms with Crippen LogP contribution < -0.4 is 14.8 Å². The van der Waals surface area contributed by atoms with E-state index in [0.29, 0.717) is 23.7 Å². The van der Waals surface area contributed by atoms with Crippen molar-refractivity contribution in [3.8, 4) is 11.5 Å². The lowest BCUT2D eigenvalue weighted by atomic mass is 10.0. The van der Waals surface area contributed by atoms with Crippen LogP contribution in [0.3, 0.4) is 0 Å². The van der Waals surface area contributed by atoms with Crippen LogP contribution in [0.4, 0.5) is 11.5 Å². The summed E-state index contributed by atoms with van der Waals surface area (Å²) < 4.78 is 36.2. The zero-order chi connectivity index (χ0) is 26.5.